The Hall–Kier alpha value is -0.300. The highest BCUT2D eigenvalue weighted by Crippen LogP contribution is 2.35. The second-order valence-corrected chi connectivity index (χ2v) is 6.68. The lowest BCUT2D eigenvalue weighted by molar-refractivity contribution is 0.0731. The van der Waals surface area contributed by atoms with Crippen molar-refractivity contribution in [2.45, 2.75) is 25.4 Å². The van der Waals surface area contributed by atoms with Crippen molar-refractivity contribution in [3.8, 4) is 5.75 Å². The lowest BCUT2D eigenvalue weighted by Gasteiger charge is -2.27. The van der Waals surface area contributed by atoms with Gasteiger partial charge in [0.2, 0.25) is 0 Å². The number of ether oxygens (including phenoxy) is 2. The van der Waals surface area contributed by atoms with Crippen LogP contribution in [0.4, 0.5) is 5.69 Å². The van der Waals surface area contributed by atoms with Gasteiger partial charge in [0, 0.05) is 29.2 Å². The monoisotopic (exact) mass is 406 g/mol. The smallest absolute Gasteiger partial charge is 0.135 e. The summed E-state index contributed by atoms with van der Waals surface area (Å²) in [5.74, 6) is 0.821. The normalized spacial score (nSPS) is 20.5. The number of rotatable bonds is 5. The van der Waals surface area contributed by atoms with Gasteiger partial charge >= 0.3 is 0 Å². The topological polar surface area (TPSA) is 42.5 Å². The molecule has 1 aliphatic heterocycles. The maximum atomic E-state index is 5.48. The SMILES string of the molecule is COc1cc(NC(C)CC2COCCN2)c(Br)cc1Br. The van der Waals surface area contributed by atoms with Crippen LogP contribution in [-0.2, 0) is 4.74 Å². The summed E-state index contributed by atoms with van der Waals surface area (Å²) in [5, 5.41) is 6.99. The predicted molar refractivity (Wildman–Crippen MR) is 88.7 cm³/mol. The van der Waals surface area contributed by atoms with E-state index in [2.05, 4.69) is 49.4 Å². The Kier molecular flexibility index (Phi) is 6.14. The second-order valence-electron chi connectivity index (χ2n) is 4.97. The van der Waals surface area contributed by atoms with E-state index in [1.54, 1.807) is 7.11 Å². The summed E-state index contributed by atoms with van der Waals surface area (Å²) in [4.78, 5) is 0. The molecule has 0 amide bonds. The number of anilines is 1. The summed E-state index contributed by atoms with van der Waals surface area (Å²) in [5.41, 5.74) is 1.04. The lowest BCUT2D eigenvalue weighted by Crippen LogP contribution is -2.43. The minimum atomic E-state index is 0.344. The van der Waals surface area contributed by atoms with Crippen LogP contribution >= 0.6 is 31.9 Å². The third kappa shape index (κ3) is 4.35. The van der Waals surface area contributed by atoms with Crippen LogP contribution in [-0.4, -0.2) is 39.0 Å². The fraction of sp³-hybridized carbons (Fsp3) is 0.571. The zero-order chi connectivity index (χ0) is 14.5. The Morgan fingerprint density at radius 3 is 2.90 bits per heavy atom. The van der Waals surface area contributed by atoms with Crippen LogP contribution in [0.5, 0.6) is 5.75 Å². The molecule has 0 bridgehead atoms. The summed E-state index contributed by atoms with van der Waals surface area (Å²) in [6, 6.07) is 4.75. The summed E-state index contributed by atoms with van der Waals surface area (Å²) < 4.78 is 12.8. The molecule has 4 nitrogen and oxygen atoms in total. The molecule has 0 aromatic heterocycles. The van der Waals surface area contributed by atoms with Crippen LogP contribution in [0, 0.1) is 0 Å². The molecule has 0 aliphatic carbocycles. The summed E-state index contributed by atoms with van der Waals surface area (Å²) in [6.07, 6.45) is 1.02. The Bertz CT molecular complexity index is 451. The first-order valence-electron chi connectivity index (χ1n) is 6.71. The van der Waals surface area contributed by atoms with Gasteiger partial charge in [0.1, 0.15) is 5.75 Å². The molecule has 1 aliphatic rings. The minimum Gasteiger partial charge on any atom is -0.495 e. The van der Waals surface area contributed by atoms with Crippen LogP contribution in [0.3, 0.4) is 0 Å². The second kappa shape index (κ2) is 7.64. The van der Waals surface area contributed by atoms with Gasteiger partial charge < -0.3 is 20.1 Å². The Labute approximate surface area is 136 Å². The number of hydrogen-bond acceptors (Lipinski definition) is 4. The molecule has 0 saturated carbocycles. The summed E-state index contributed by atoms with van der Waals surface area (Å²) in [6.45, 7) is 4.72. The maximum absolute atomic E-state index is 5.48. The van der Waals surface area contributed by atoms with Crippen LogP contribution in [0.25, 0.3) is 0 Å². The number of hydrogen-bond donors (Lipinski definition) is 2. The van der Waals surface area contributed by atoms with Gasteiger partial charge in [-0.25, -0.2) is 0 Å². The van der Waals surface area contributed by atoms with Crippen molar-refractivity contribution < 1.29 is 9.47 Å². The molecule has 20 heavy (non-hydrogen) atoms. The molecule has 1 aromatic rings. The average molecular weight is 408 g/mol. The van der Waals surface area contributed by atoms with Crippen molar-refractivity contribution in [1.82, 2.24) is 5.32 Å². The number of morpholine rings is 1. The van der Waals surface area contributed by atoms with Crippen LogP contribution < -0.4 is 15.4 Å². The molecule has 2 unspecified atom stereocenters. The molecule has 1 saturated heterocycles. The fourth-order valence-corrected chi connectivity index (χ4v) is 3.59. The van der Waals surface area contributed by atoms with Crippen molar-refractivity contribution >= 4 is 37.5 Å². The van der Waals surface area contributed by atoms with Crippen LogP contribution in [0.15, 0.2) is 21.1 Å². The first-order chi connectivity index (χ1) is 9.60. The van der Waals surface area contributed by atoms with Crippen molar-refractivity contribution in [1.29, 1.82) is 0 Å². The zero-order valence-corrected chi connectivity index (χ0v) is 14.9. The zero-order valence-electron chi connectivity index (χ0n) is 11.7. The minimum absolute atomic E-state index is 0.344. The van der Waals surface area contributed by atoms with E-state index in [-0.39, 0.29) is 0 Å². The molecule has 6 heteroatoms. The Morgan fingerprint density at radius 2 is 2.25 bits per heavy atom. The van der Waals surface area contributed by atoms with Crippen molar-refractivity contribution in [2.75, 3.05) is 32.2 Å². The molecule has 0 radical (unpaired) electrons. The molecule has 2 N–H and O–H groups in total. The Morgan fingerprint density at radius 1 is 1.45 bits per heavy atom. The van der Waals surface area contributed by atoms with Gasteiger partial charge in [0.25, 0.3) is 0 Å². The van der Waals surface area contributed by atoms with E-state index in [1.165, 1.54) is 0 Å². The molecule has 1 aromatic carbocycles. The molecule has 2 rings (SSSR count). The highest BCUT2D eigenvalue weighted by atomic mass is 79.9. The summed E-state index contributed by atoms with van der Waals surface area (Å²) in [7, 11) is 1.67. The Balaban J connectivity index is 1.97. The van der Waals surface area contributed by atoms with E-state index in [1.807, 2.05) is 12.1 Å². The first-order valence-corrected chi connectivity index (χ1v) is 8.29. The van der Waals surface area contributed by atoms with E-state index in [9.17, 15) is 0 Å². The van der Waals surface area contributed by atoms with Crippen molar-refractivity contribution in [3.05, 3.63) is 21.1 Å². The van der Waals surface area contributed by atoms with Crippen LogP contribution in [0.1, 0.15) is 13.3 Å². The van der Waals surface area contributed by atoms with Gasteiger partial charge in [0.15, 0.2) is 0 Å². The van der Waals surface area contributed by atoms with Gasteiger partial charge in [-0.1, -0.05) is 0 Å². The predicted octanol–water partition coefficient (Wildman–Crippen LogP) is 3.40. The van der Waals surface area contributed by atoms with Crippen molar-refractivity contribution in [3.63, 3.8) is 0 Å². The van der Waals surface area contributed by atoms with Gasteiger partial charge in [-0.05, 0) is 51.3 Å². The molecular weight excluding hydrogens is 388 g/mol. The van der Waals surface area contributed by atoms with E-state index >= 15 is 0 Å². The van der Waals surface area contributed by atoms with Crippen molar-refractivity contribution in [2.24, 2.45) is 0 Å². The number of methoxy groups -OCH3 is 1. The standard InChI is InChI=1S/C14H20Br2N2O2/c1-9(5-10-8-20-4-3-17-10)18-13-7-14(19-2)12(16)6-11(13)15/h6-7,9-10,17-18H,3-5,8H2,1-2H3. The van der Waals surface area contributed by atoms with E-state index < -0.39 is 0 Å². The largest absolute Gasteiger partial charge is 0.495 e. The number of halogens is 2. The number of nitrogens with one attached hydrogen (secondary N) is 2. The highest BCUT2D eigenvalue weighted by Gasteiger charge is 2.17. The molecule has 2 atom stereocenters. The quantitative estimate of drug-likeness (QED) is 0.784. The van der Waals surface area contributed by atoms with Gasteiger partial charge in [0.05, 0.1) is 30.5 Å². The molecule has 0 spiro atoms. The van der Waals surface area contributed by atoms with Gasteiger partial charge in [-0.3, -0.25) is 0 Å². The van der Waals surface area contributed by atoms with Gasteiger partial charge in [-0.2, -0.15) is 0 Å². The summed E-state index contributed by atoms with van der Waals surface area (Å²) >= 11 is 7.05. The fourth-order valence-electron chi connectivity index (χ4n) is 2.32. The maximum Gasteiger partial charge on any atom is 0.135 e. The van der Waals surface area contributed by atoms with E-state index in [0.717, 1.165) is 46.6 Å². The molecular formula is C14H20Br2N2O2. The average Bonchev–Trinajstić information content (AvgIpc) is 2.43. The van der Waals surface area contributed by atoms with Crippen LogP contribution in [0.2, 0.25) is 0 Å². The van der Waals surface area contributed by atoms with E-state index in [4.69, 9.17) is 9.47 Å². The highest BCUT2D eigenvalue weighted by molar-refractivity contribution is 9.11. The molecule has 1 fully saturated rings. The lowest BCUT2D eigenvalue weighted by atomic mass is 10.1. The molecule has 112 valence electrons. The van der Waals surface area contributed by atoms with Gasteiger partial charge in [-0.15, -0.1) is 0 Å². The van der Waals surface area contributed by atoms with E-state index in [0.29, 0.717) is 12.1 Å². The first kappa shape index (κ1) is 16.1. The third-order valence-electron chi connectivity index (χ3n) is 3.28. The third-order valence-corrected chi connectivity index (χ3v) is 4.56. The molecule has 1 heterocycles. The number of benzene rings is 1.